The number of aromatic nitrogens is 4. The van der Waals surface area contributed by atoms with Crippen LogP contribution in [0, 0.1) is 0 Å². The number of aromatic amines is 1. The van der Waals surface area contributed by atoms with Crippen LogP contribution in [0.2, 0.25) is 0 Å². The maximum atomic E-state index is 12.5. The van der Waals surface area contributed by atoms with Crippen LogP contribution in [0.1, 0.15) is 55.4 Å². The van der Waals surface area contributed by atoms with Crippen molar-refractivity contribution in [1.82, 2.24) is 19.9 Å². The van der Waals surface area contributed by atoms with Gasteiger partial charge in [0.2, 0.25) is 0 Å². The third-order valence-electron chi connectivity index (χ3n) is 4.66. The Morgan fingerprint density at radius 3 is 2.55 bits per heavy atom. The van der Waals surface area contributed by atoms with Crippen molar-refractivity contribution in [2.45, 2.75) is 33.6 Å². The first-order chi connectivity index (χ1) is 15.9. The van der Waals surface area contributed by atoms with Gasteiger partial charge >= 0.3 is 5.97 Å². The molecule has 0 aliphatic heterocycles. The van der Waals surface area contributed by atoms with E-state index in [-0.39, 0.29) is 11.5 Å². The lowest BCUT2D eigenvalue weighted by atomic mass is 10.0. The van der Waals surface area contributed by atoms with Crippen molar-refractivity contribution < 1.29 is 14.3 Å². The molecular formula is C25H29N5O3. The maximum Gasteiger partial charge on any atom is 0.379 e. The molecule has 0 saturated carbocycles. The van der Waals surface area contributed by atoms with E-state index in [4.69, 9.17) is 0 Å². The number of fused-ring (bicyclic) bond motifs is 1. The first kappa shape index (κ1) is 25.2. The number of Topliss-reactive ketones (excluding diaryl/α,β-unsaturated/α-hetero) is 1. The highest BCUT2D eigenvalue weighted by Crippen LogP contribution is 2.31. The van der Waals surface area contributed by atoms with Gasteiger partial charge in [-0.3, -0.25) is 4.79 Å². The van der Waals surface area contributed by atoms with Crippen molar-refractivity contribution in [1.29, 1.82) is 0 Å². The first-order valence-electron chi connectivity index (χ1n) is 10.6. The third-order valence-corrected chi connectivity index (χ3v) is 4.66. The Kier molecular flexibility index (Phi) is 8.80. The van der Waals surface area contributed by atoms with E-state index in [1.54, 1.807) is 36.7 Å². The molecule has 8 nitrogen and oxygen atoms in total. The summed E-state index contributed by atoms with van der Waals surface area (Å²) in [6.45, 7) is 15.6. The molecule has 0 unspecified atom stereocenters. The Morgan fingerprint density at radius 1 is 1.21 bits per heavy atom. The summed E-state index contributed by atoms with van der Waals surface area (Å²) in [4.78, 5) is 40.6. The van der Waals surface area contributed by atoms with Gasteiger partial charge in [-0.15, -0.1) is 0 Å². The van der Waals surface area contributed by atoms with E-state index in [9.17, 15) is 9.59 Å². The quantitative estimate of drug-likeness (QED) is 0.207. The molecule has 0 aliphatic rings. The number of nitrogens with one attached hydrogen (secondary N) is 2. The molecule has 0 bridgehead atoms. The summed E-state index contributed by atoms with van der Waals surface area (Å²) in [5.74, 6) is -0.533. The molecule has 3 heterocycles. The fourth-order valence-electron chi connectivity index (χ4n) is 3.08. The van der Waals surface area contributed by atoms with Gasteiger partial charge in [0, 0.05) is 29.7 Å². The Bertz CT molecular complexity index is 1210. The topological polar surface area (TPSA) is 110 Å². The van der Waals surface area contributed by atoms with Crippen molar-refractivity contribution in [3.63, 3.8) is 0 Å². The predicted octanol–water partition coefficient (Wildman–Crippen LogP) is 5.36. The number of hydrogen-bond donors (Lipinski definition) is 2. The SMILES string of the molecule is C=C/C=C(\C=C)c1ncc(C(C)C)c(Nc2ccnc3[nH]cc(C(=O)C(=O)OC)c23)n1.CC. The molecule has 2 N–H and O–H groups in total. The van der Waals surface area contributed by atoms with Gasteiger partial charge in [0.1, 0.15) is 11.5 Å². The van der Waals surface area contributed by atoms with Crippen LogP contribution in [0.15, 0.2) is 56.0 Å². The second-order valence-corrected chi connectivity index (χ2v) is 6.94. The lowest BCUT2D eigenvalue weighted by molar-refractivity contribution is -0.135. The zero-order valence-corrected chi connectivity index (χ0v) is 19.6. The van der Waals surface area contributed by atoms with Crippen LogP contribution >= 0.6 is 0 Å². The molecule has 0 saturated heterocycles. The zero-order chi connectivity index (χ0) is 24.5. The number of rotatable bonds is 8. The van der Waals surface area contributed by atoms with E-state index in [2.05, 4.69) is 43.1 Å². The number of nitrogens with zero attached hydrogens (tertiary/aromatic N) is 3. The Morgan fingerprint density at radius 2 is 1.94 bits per heavy atom. The normalized spacial score (nSPS) is 10.9. The van der Waals surface area contributed by atoms with Crippen LogP contribution in [0.3, 0.4) is 0 Å². The number of hydrogen-bond acceptors (Lipinski definition) is 7. The lowest BCUT2D eigenvalue weighted by Crippen LogP contribution is -2.15. The van der Waals surface area contributed by atoms with Crippen LogP contribution in [-0.4, -0.2) is 38.8 Å². The number of pyridine rings is 1. The molecule has 3 rings (SSSR count). The number of esters is 1. The van der Waals surface area contributed by atoms with Crippen molar-refractivity contribution in [2.75, 3.05) is 12.4 Å². The van der Waals surface area contributed by atoms with E-state index in [0.29, 0.717) is 28.4 Å². The smallest absolute Gasteiger partial charge is 0.379 e. The second-order valence-electron chi connectivity index (χ2n) is 6.94. The average Bonchev–Trinajstić information content (AvgIpc) is 3.27. The Hall–Kier alpha value is -4.07. The van der Waals surface area contributed by atoms with Crippen molar-refractivity contribution in [3.8, 4) is 0 Å². The minimum atomic E-state index is -0.951. The van der Waals surface area contributed by atoms with Gasteiger partial charge < -0.3 is 15.0 Å². The van der Waals surface area contributed by atoms with Gasteiger partial charge in [0.05, 0.1) is 23.7 Å². The fourth-order valence-corrected chi connectivity index (χ4v) is 3.08. The molecule has 3 aromatic rings. The summed E-state index contributed by atoms with van der Waals surface area (Å²) in [5, 5.41) is 3.76. The fraction of sp³-hybridized carbons (Fsp3) is 0.240. The summed E-state index contributed by atoms with van der Waals surface area (Å²) < 4.78 is 4.58. The number of methoxy groups -OCH3 is 1. The highest BCUT2D eigenvalue weighted by Gasteiger charge is 2.23. The van der Waals surface area contributed by atoms with Crippen LogP contribution in [0.5, 0.6) is 0 Å². The summed E-state index contributed by atoms with van der Waals surface area (Å²) in [5.41, 5.74) is 2.79. The maximum absolute atomic E-state index is 12.5. The molecule has 3 aromatic heterocycles. The van der Waals surface area contributed by atoms with E-state index in [1.165, 1.54) is 6.20 Å². The van der Waals surface area contributed by atoms with Crippen molar-refractivity contribution >= 4 is 39.9 Å². The number of carbonyl (C=O) groups excluding carboxylic acids is 2. The van der Waals surface area contributed by atoms with Crippen LogP contribution in [0.4, 0.5) is 11.5 Å². The number of anilines is 2. The molecule has 8 heteroatoms. The number of carbonyl (C=O) groups is 2. The summed E-state index contributed by atoms with van der Waals surface area (Å²) in [6, 6.07) is 1.71. The molecule has 0 fully saturated rings. The number of H-pyrrole nitrogens is 1. The first-order valence-corrected chi connectivity index (χ1v) is 10.6. The summed E-state index contributed by atoms with van der Waals surface area (Å²) in [6.07, 6.45) is 9.86. The molecule has 0 aliphatic carbocycles. The largest absolute Gasteiger partial charge is 0.463 e. The Labute approximate surface area is 193 Å². The Balaban J connectivity index is 0.00000187. The molecule has 0 amide bonds. The standard InChI is InChI=1S/C23H23N5O3.C2H6/c1-6-8-14(7-2)20-25-11-15(13(3)4)21(28-20)27-17-9-10-24-22-18(17)16(12-26-22)19(29)23(30)31-5;1-2/h6-13H,1-2H2,3-5H3,(H2,24,25,26,27,28);1-2H3/b14-8+;. The molecular weight excluding hydrogens is 418 g/mol. The van der Waals surface area contributed by atoms with E-state index in [1.807, 2.05) is 27.7 Å². The zero-order valence-electron chi connectivity index (χ0n) is 19.6. The molecule has 0 spiro atoms. The lowest BCUT2D eigenvalue weighted by Gasteiger charge is -2.15. The third kappa shape index (κ3) is 5.41. The van der Waals surface area contributed by atoms with Gasteiger partial charge in [-0.25, -0.2) is 19.7 Å². The van der Waals surface area contributed by atoms with E-state index < -0.39 is 11.8 Å². The van der Waals surface area contributed by atoms with Crippen LogP contribution < -0.4 is 5.32 Å². The highest BCUT2D eigenvalue weighted by atomic mass is 16.5. The van der Waals surface area contributed by atoms with Crippen LogP contribution in [-0.2, 0) is 9.53 Å². The number of ketones is 1. The molecule has 33 heavy (non-hydrogen) atoms. The van der Waals surface area contributed by atoms with E-state index >= 15 is 0 Å². The van der Waals surface area contributed by atoms with Crippen molar-refractivity contribution in [2.24, 2.45) is 0 Å². The molecule has 0 radical (unpaired) electrons. The monoisotopic (exact) mass is 447 g/mol. The minimum absolute atomic E-state index is 0.131. The number of allylic oxidation sites excluding steroid dienone is 4. The van der Waals surface area contributed by atoms with Gasteiger partial charge in [-0.05, 0) is 12.0 Å². The van der Waals surface area contributed by atoms with Gasteiger partial charge in [0.15, 0.2) is 5.82 Å². The minimum Gasteiger partial charge on any atom is -0.463 e. The average molecular weight is 448 g/mol. The highest BCUT2D eigenvalue weighted by molar-refractivity contribution is 6.43. The second kappa shape index (κ2) is 11.5. The molecule has 172 valence electrons. The van der Waals surface area contributed by atoms with E-state index in [0.717, 1.165) is 18.2 Å². The summed E-state index contributed by atoms with van der Waals surface area (Å²) >= 11 is 0. The molecule has 0 aromatic carbocycles. The van der Waals surface area contributed by atoms with Gasteiger partial charge in [-0.1, -0.05) is 59.1 Å². The number of ether oxygens (including phenoxy) is 1. The van der Waals surface area contributed by atoms with Gasteiger partial charge in [0.25, 0.3) is 5.78 Å². The van der Waals surface area contributed by atoms with Gasteiger partial charge in [-0.2, -0.15) is 0 Å². The summed E-state index contributed by atoms with van der Waals surface area (Å²) in [7, 11) is 1.16. The van der Waals surface area contributed by atoms with Crippen LogP contribution in [0.25, 0.3) is 16.6 Å². The predicted molar refractivity (Wildman–Crippen MR) is 132 cm³/mol. The molecule has 0 atom stereocenters. The van der Waals surface area contributed by atoms with Crippen molar-refractivity contribution in [3.05, 3.63) is 73.0 Å².